The number of piperidine rings is 1. The quantitative estimate of drug-likeness (QED) is 0.516. The van der Waals surface area contributed by atoms with Crippen LogP contribution in [0.2, 0.25) is 0 Å². The maximum absolute atomic E-state index is 4.93. The molecule has 5 rings (SSSR count). The van der Waals surface area contributed by atoms with E-state index in [-0.39, 0.29) is 0 Å². The summed E-state index contributed by atoms with van der Waals surface area (Å²) in [6.07, 6.45) is 9.68. The Labute approximate surface area is 159 Å². The molecule has 0 spiro atoms. The lowest BCUT2D eigenvalue weighted by Crippen LogP contribution is -2.29. The molecular weight excluding hydrogens is 332 g/mol. The molecule has 4 nitrogen and oxygen atoms in total. The van der Waals surface area contributed by atoms with Crippen molar-refractivity contribution in [2.75, 3.05) is 18.0 Å². The fourth-order valence-electron chi connectivity index (χ4n) is 3.96. The third kappa shape index (κ3) is 2.97. The van der Waals surface area contributed by atoms with Crippen LogP contribution in [0, 0.1) is 0 Å². The largest absolute Gasteiger partial charge is 0.372 e. The Bertz CT molecular complexity index is 1040. The van der Waals surface area contributed by atoms with Crippen molar-refractivity contribution in [3.8, 4) is 22.5 Å². The van der Waals surface area contributed by atoms with Crippen molar-refractivity contribution in [2.45, 2.75) is 19.3 Å². The summed E-state index contributed by atoms with van der Waals surface area (Å²) >= 11 is 0. The minimum atomic E-state index is 0.958. The molecule has 0 amide bonds. The summed E-state index contributed by atoms with van der Waals surface area (Å²) in [5.41, 5.74) is 6.66. The Morgan fingerprint density at radius 2 is 1.52 bits per heavy atom. The van der Waals surface area contributed by atoms with Crippen LogP contribution < -0.4 is 4.90 Å². The number of imidazole rings is 1. The molecule has 0 atom stereocenters. The number of aromatic nitrogens is 3. The lowest BCUT2D eigenvalue weighted by Gasteiger charge is -2.28. The van der Waals surface area contributed by atoms with E-state index in [1.807, 2.05) is 36.7 Å². The van der Waals surface area contributed by atoms with E-state index in [2.05, 4.69) is 50.8 Å². The molecule has 27 heavy (non-hydrogen) atoms. The van der Waals surface area contributed by atoms with Gasteiger partial charge in [0.25, 0.3) is 0 Å². The molecule has 1 saturated heterocycles. The van der Waals surface area contributed by atoms with Crippen molar-refractivity contribution in [3.05, 3.63) is 73.2 Å². The van der Waals surface area contributed by atoms with Gasteiger partial charge in [0.1, 0.15) is 5.65 Å². The van der Waals surface area contributed by atoms with Gasteiger partial charge in [-0.1, -0.05) is 18.2 Å². The van der Waals surface area contributed by atoms with Gasteiger partial charge >= 0.3 is 0 Å². The number of nitrogens with zero attached hydrogens (tertiary/aromatic N) is 4. The van der Waals surface area contributed by atoms with Crippen LogP contribution in [-0.2, 0) is 0 Å². The number of fused-ring (bicyclic) bond motifs is 1. The first kappa shape index (κ1) is 16.1. The van der Waals surface area contributed by atoms with E-state index in [1.54, 1.807) is 0 Å². The summed E-state index contributed by atoms with van der Waals surface area (Å²) in [5, 5.41) is 0. The summed E-state index contributed by atoms with van der Waals surface area (Å²) in [6, 6.07) is 19.1. The van der Waals surface area contributed by atoms with Gasteiger partial charge in [0.2, 0.25) is 0 Å². The predicted octanol–water partition coefficient (Wildman–Crippen LogP) is 5.05. The molecule has 0 radical (unpaired) electrons. The van der Waals surface area contributed by atoms with Crippen LogP contribution in [-0.4, -0.2) is 27.5 Å². The van der Waals surface area contributed by atoms with E-state index >= 15 is 0 Å². The highest BCUT2D eigenvalue weighted by molar-refractivity contribution is 5.82. The van der Waals surface area contributed by atoms with Gasteiger partial charge in [-0.3, -0.25) is 9.38 Å². The smallest absolute Gasteiger partial charge is 0.137 e. The molecule has 4 heterocycles. The Balaban J connectivity index is 1.60. The van der Waals surface area contributed by atoms with Crippen LogP contribution in [0.5, 0.6) is 0 Å². The molecule has 4 heteroatoms. The van der Waals surface area contributed by atoms with Crippen LogP contribution in [0.1, 0.15) is 19.3 Å². The van der Waals surface area contributed by atoms with Crippen LogP contribution in [0.4, 0.5) is 5.69 Å². The second-order valence-electron chi connectivity index (χ2n) is 7.07. The fourth-order valence-corrected chi connectivity index (χ4v) is 3.96. The van der Waals surface area contributed by atoms with Crippen LogP contribution in [0.15, 0.2) is 73.2 Å². The molecule has 1 aliphatic heterocycles. The Morgan fingerprint density at radius 1 is 0.741 bits per heavy atom. The van der Waals surface area contributed by atoms with Crippen molar-refractivity contribution in [1.82, 2.24) is 14.4 Å². The zero-order valence-corrected chi connectivity index (χ0v) is 15.3. The predicted molar refractivity (Wildman–Crippen MR) is 110 cm³/mol. The topological polar surface area (TPSA) is 33.4 Å². The fraction of sp³-hybridized carbons (Fsp3) is 0.217. The second kappa shape index (κ2) is 6.88. The lowest BCUT2D eigenvalue weighted by molar-refractivity contribution is 0.578. The molecule has 1 fully saturated rings. The highest BCUT2D eigenvalue weighted by atomic mass is 15.1. The molecule has 1 aliphatic rings. The highest BCUT2D eigenvalue weighted by Crippen LogP contribution is 2.33. The van der Waals surface area contributed by atoms with Gasteiger partial charge in [-0.25, -0.2) is 4.98 Å². The van der Waals surface area contributed by atoms with Crippen molar-refractivity contribution in [2.24, 2.45) is 0 Å². The second-order valence-corrected chi connectivity index (χ2v) is 7.07. The molecule has 3 aromatic heterocycles. The van der Waals surface area contributed by atoms with Crippen LogP contribution in [0.3, 0.4) is 0 Å². The monoisotopic (exact) mass is 354 g/mol. The zero-order valence-electron chi connectivity index (χ0n) is 15.3. The number of hydrogen-bond donors (Lipinski definition) is 0. The summed E-state index contributed by atoms with van der Waals surface area (Å²) in [5.74, 6) is 0. The van der Waals surface area contributed by atoms with Crippen molar-refractivity contribution < 1.29 is 0 Å². The average molecular weight is 354 g/mol. The minimum Gasteiger partial charge on any atom is -0.372 e. The van der Waals surface area contributed by atoms with Gasteiger partial charge in [0.15, 0.2) is 0 Å². The minimum absolute atomic E-state index is 0.958. The number of pyridine rings is 2. The lowest BCUT2D eigenvalue weighted by atomic mass is 10.0. The zero-order chi connectivity index (χ0) is 18.1. The molecule has 0 saturated carbocycles. The Morgan fingerprint density at radius 3 is 2.30 bits per heavy atom. The van der Waals surface area contributed by atoms with Crippen molar-refractivity contribution >= 4 is 11.3 Å². The van der Waals surface area contributed by atoms with Gasteiger partial charge in [0, 0.05) is 48.5 Å². The van der Waals surface area contributed by atoms with Crippen molar-refractivity contribution in [3.63, 3.8) is 0 Å². The summed E-state index contributed by atoms with van der Waals surface area (Å²) < 4.78 is 2.16. The first-order valence-corrected chi connectivity index (χ1v) is 9.63. The van der Waals surface area contributed by atoms with Gasteiger partial charge in [0.05, 0.1) is 11.4 Å². The third-order valence-electron chi connectivity index (χ3n) is 5.35. The van der Waals surface area contributed by atoms with Crippen LogP contribution in [0.25, 0.3) is 28.2 Å². The van der Waals surface area contributed by atoms with E-state index in [1.165, 1.54) is 24.9 Å². The van der Waals surface area contributed by atoms with Crippen LogP contribution >= 0.6 is 0 Å². The van der Waals surface area contributed by atoms with E-state index in [4.69, 9.17) is 4.98 Å². The summed E-state index contributed by atoms with van der Waals surface area (Å²) in [4.78, 5) is 11.6. The average Bonchev–Trinajstić information content (AvgIpc) is 3.15. The first-order valence-electron chi connectivity index (χ1n) is 9.63. The van der Waals surface area contributed by atoms with Gasteiger partial charge in [-0.2, -0.15) is 0 Å². The van der Waals surface area contributed by atoms with Crippen molar-refractivity contribution in [1.29, 1.82) is 0 Å². The van der Waals surface area contributed by atoms with Gasteiger partial charge in [-0.15, -0.1) is 0 Å². The van der Waals surface area contributed by atoms with Gasteiger partial charge < -0.3 is 4.90 Å². The number of hydrogen-bond acceptors (Lipinski definition) is 3. The number of anilines is 1. The Kier molecular flexibility index (Phi) is 4.09. The maximum atomic E-state index is 4.93. The SMILES string of the molecule is c1ccn2c(-c3ccncc3)c(-c3ccc(N4CCCCC4)cc3)nc2c1. The maximum Gasteiger partial charge on any atom is 0.137 e. The van der Waals surface area contributed by atoms with E-state index < -0.39 is 0 Å². The molecule has 0 N–H and O–H groups in total. The molecular formula is C23H22N4. The number of benzene rings is 1. The molecule has 134 valence electrons. The highest BCUT2D eigenvalue weighted by Gasteiger charge is 2.16. The standard InChI is InChI=1S/C23H22N4/c1-3-15-26(16-4-1)20-9-7-18(8-10-20)22-23(19-11-13-24-14-12-19)27-17-5-2-6-21(27)25-22/h2,5-14,17H,1,3-4,15-16H2. The van der Waals surface area contributed by atoms with E-state index in [0.717, 1.165) is 41.3 Å². The Hall–Kier alpha value is -3.14. The summed E-state index contributed by atoms with van der Waals surface area (Å²) in [6.45, 7) is 2.33. The van der Waals surface area contributed by atoms with E-state index in [0.29, 0.717) is 0 Å². The van der Waals surface area contributed by atoms with Gasteiger partial charge in [-0.05, 0) is 55.7 Å². The summed E-state index contributed by atoms with van der Waals surface area (Å²) in [7, 11) is 0. The molecule has 0 aliphatic carbocycles. The number of rotatable bonds is 3. The first-order chi connectivity index (χ1) is 13.4. The molecule has 1 aromatic carbocycles. The molecule has 4 aromatic rings. The third-order valence-corrected chi connectivity index (χ3v) is 5.35. The normalized spacial score (nSPS) is 14.6. The van der Waals surface area contributed by atoms with E-state index in [9.17, 15) is 0 Å². The molecule has 0 bridgehead atoms. The molecule has 0 unspecified atom stereocenters.